The summed E-state index contributed by atoms with van der Waals surface area (Å²) in [6, 6.07) is 0. The third kappa shape index (κ3) is 6.47. The largest absolute Gasteiger partial charge is 0.330 e. The molecule has 0 spiro atoms. The lowest BCUT2D eigenvalue weighted by Crippen LogP contribution is -2.30. The van der Waals surface area contributed by atoms with Crippen LogP contribution in [-0.2, 0) is 0 Å². The van der Waals surface area contributed by atoms with Gasteiger partial charge in [-0.1, -0.05) is 33.6 Å². The summed E-state index contributed by atoms with van der Waals surface area (Å²) in [5, 5.41) is 0. The van der Waals surface area contributed by atoms with E-state index >= 15 is 0 Å². The van der Waals surface area contributed by atoms with Gasteiger partial charge in [0, 0.05) is 0 Å². The van der Waals surface area contributed by atoms with Crippen molar-refractivity contribution in [2.24, 2.45) is 11.1 Å². The van der Waals surface area contributed by atoms with E-state index < -0.39 is 0 Å². The zero-order valence-corrected chi connectivity index (χ0v) is 11.7. The third-order valence-corrected chi connectivity index (χ3v) is 4.43. The van der Waals surface area contributed by atoms with Gasteiger partial charge >= 0.3 is 0 Å². The number of rotatable bonds is 10. The van der Waals surface area contributed by atoms with Crippen molar-refractivity contribution in [3.05, 3.63) is 0 Å². The molecule has 0 fully saturated rings. The Bertz CT molecular complexity index is 132. The van der Waals surface area contributed by atoms with E-state index in [1.54, 1.807) is 0 Å². The fraction of sp³-hybridized carbons (Fsp3) is 1.00. The summed E-state index contributed by atoms with van der Waals surface area (Å²) in [6.45, 7) is 7.68. The van der Waals surface area contributed by atoms with Gasteiger partial charge in [0.15, 0.2) is 0 Å². The second kappa shape index (κ2) is 9.53. The molecule has 0 aliphatic heterocycles. The Balaban J connectivity index is 3.88. The summed E-state index contributed by atoms with van der Waals surface area (Å²) in [5.41, 5.74) is 6.42. The first-order valence-corrected chi connectivity index (χ1v) is 7.68. The molecule has 0 aliphatic rings. The van der Waals surface area contributed by atoms with Crippen LogP contribution in [0.25, 0.3) is 0 Å². The average Bonchev–Trinajstić information content (AvgIpc) is 2.29. The highest BCUT2D eigenvalue weighted by molar-refractivity contribution is 7.99. The zero-order valence-electron chi connectivity index (χ0n) is 10.8. The summed E-state index contributed by atoms with van der Waals surface area (Å²) in [6.07, 6.45) is 7.88. The van der Waals surface area contributed by atoms with Crippen molar-refractivity contribution in [2.75, 3.05) is 18.1 Å². The summed E-state index contributed by atoms with van der Waals surface area (Å²) in [7, 11) is 0. The zero-order chi connectivity index (χ0) is 11.6. The third-order valence-electron chi connectivity index (χ3n) is 3.44. The molecule has 0 aliphatic carbocycles. The molecule has 0 aromatic heterocycles. The van der Waals surface area contributed by atoms with Crippen LogP contribution in [0.15, 0.2) is 0 Å². The Morgan fingerprint density at radius 3 is 2.20 bits per heavy atom. The van der Waals surface area contributed by atoms with E-state index in [4.69, 9.17) is 5.73 Å². The molecule has 0 saturated carbocycles. The Morgan fingerprint density at radius 2 is 1.73 bits per heavy atom. The quantitative estimate of drug-likeness (QED) is 0.574. The maximum atomic E-state index is 5.97. The van der Waals surface area contributed by atoms with Crippen molar-refractivity contribution in [2.45, 2.75) is 59.3 Å². The summed E-state index contributed by atoms with van der Waals surface area (Å²) < 4.78 is 0. The highest BCUT2D eigenvalue weighted by atomic mass is 32.2. The Labute approximate surface area is 101 Å². The standard InChI is InChI=1S/C13H29NS/c1-4-7-9-13(5-2,12-14)10-8-11-15-6-3/h4-12,14H2,1-3H3. The van der Waals surface area contributed by atoms with Gasteiger partial charge in [-0.15, -0.1) is 0 Å². The molecule has 1 unspecified atom stereocenters. The minimum Gasteiger partial charge on any atom is -0.330 e. The van der Waals surface area contributed by atoms with Gasteiger partial charge in [-0.25, -0.2) is 0 Å². The van der Waals surface area contributed by atoms with Gasteiger partial charge in [-0.2, -0.15) is 11.8 Å². The Hall–Kier alpha value is 0.310. The molecular formula is C13H29NS. The van der Waals surface area contributed by atoms with Crippen molar-refractivity contribution in [3.63, 3.8) is 0 Å². The van der Waals surface area contributed by atoms with E-state index in [0.29, 0.717) is 5.41 Å². The second-order valence-electron chi connectivity index (χ2n) is 4.46. The van der Waals surface area contributed by atoms with E-state index in [-0.39, 0.29) is 0 Å². The first-order valence-electron chi connectivity index (χ1n) is 6.52. The molecule has 92 valence electrons. The van der Waals surface area contributed by atoms with Crippen molar-refractivity contribution >= 4 is 11.8 Å². The van der Waals surface area contributed by atoms with Crippen LogP contribution in [-0.4, -0.2) is 18.1 Å². The van der Waals surface area contributed by atoms with E-state index in [1.807, 2.05) is 0 Å². The molecule has 0 saturated heterocycles. The van der Waals surface area contributed by atoms with Crippen LogP contribution in [0.1, 0.15) is 59.3 Å². The molecule has 1 atom stereocenters. The van der Waals surface area contributed by atoms with Crippen LogP contribution < -0.4 is 5.73 Å². The lowest BCUT2D eigenvalue weighted by atomic mass is 9.76. The summed E-state index contributed by atoms with van der Waals surface area (Å²) >= 11 is 2.05. The van der Waals surface area contributed by atoms with E-state index in [1.165, 1.54) is 50.0 Å². The van der Waals surface area contributed by atoms with Crippen LogP contribution in [0, 0.1) is 5.41 Å². The maximum Gasteiger partial charge on any atom is -0.00206 e. The van der Waals surface area contributed by atoms with Gasteiger partial charge in [0.1, 0.15) is 0 Å². The average molecular weight is 231 g/mol. The summed E-state index contributed by atoms with van der Waals surface area (Å²) in [5.74, 6) is 2.56. The molecule has 0 amide bonds. The van der Waals surface area contributed by atoms with Gasteiger partial charge in [0.2, 0.25) is 0 Å². The lowest BCUT2D eigenvalue weighted by Gasteiger charge is -2.31. The lowest BCUT2D eigenvalue weighted by molar-refractivity contribution is 0.230. The van der Waals surface area contributed by atoms with Gasteiger partial charge in [-0.05, 0) is 49.1 Å². The molecule has 1 nitrogen and oxygen atoms in total. The first-order chi connectivity index (χ1) is 7.24. The summed E-state index contributed by atoms with van der Waals surface area (Å²) in [4.78, 5) is 0. The van der Waals surface area contributed by atoms with Crippen LogP contribution in [0.2, 0.25) is 0 Å². The van der Waals surface area contributed by atoms with Crippen molar-refractivity contribution in [1.82, 2.24) is 0 Å². The number of hydrogen-bond donors (Lipinski definition) is 1. The number of unbranched alkanes of at least 4 members (excludes halogenated alkanes) is 1. The van der Waals surface area contributed by atoms with Gasteiger partial charge < -0.3 is 5.73 Å². The molecule has 0 aromatic carbocycles. The molecule has 0 radical (unpaired) electrons. The molecule has 0 heterocycles. The van der Waals surface area contributed by atoms with E-state index in [0.717, 1.165) is 6.54 Å². The normalized spacial score (nSPS) is 15.2. The fourth-order valence-electron chi connectivity index (χ4n) is 2.07. The number of hydrogen-bond acceptors (Lipinski definition) is 2. The molecule has 0 aromatic rings. The number of nitrogens with two attached hydrogens (primary N) is 1. The minimum absolute atomic E-state index is 0.449. The van der Waals surface area contributed by atoms with Crippen molar-refractivity contribution < 1.29 is 0 Å². The molecule has 0 bridgehead atoms. The Kier molecular flexibility index (Phi) is 9.73. The fourth-order valence-corrected chi connectivity index (χ4v) is 2.71. The SMILES string of the molecule is CCCCC(CC)(CN)CCCSCC. The minimum atomic E-state index is 0.449. The van der Waals surface area contributed by atoms with E-state index in [2.05, 4.69) is 32.5 Å². The van der Waals surface area contributed by atoms with Crippen LogP contribution in [0.4, 0.5) is 0 Å². The molecule has 2 heteroatoms. The van der Waals surface area contributed by atoms with Crippen molar-refractivity contribution in [1.29, 1.82) is 0 Å². The van der Waals surface area contributed by atoms with E-state index in [9.17, 15) is 0 Å². The molecule has 0 rings (SSSR count). The maximum absolute atomic E-state index is 5.97. The molecule has 2 N–H and O–H groups in total. The predicted molar refractivity (Wildman–Crippen MR) is 73.5 cm³/mol. The van der Waals surface area contributed by atoms with Gasteiger partial charge in [-0.3, -0.25) is 0 Å². The monoisotopic (exact) mass is 231 g/mol. The highest BCUT2D eigenvalue weighted by Gasteiger charge is 2.24. The predicted octanol–water partition coefficient (Wildman–Crippen LogP) is 4.07. The van der Waals surface area contributed by atoms with Crippen LogP contribution in [0.3, 0.4) is 0 Å². The number of thioether (sulfide) groups is 1. The van der Waals surface area contributed by atoms with Crippen LogP contribution >= 0.6 is 11.8 Å². The van der Waals surface area contributed by atoms with Gasteiger partial charge in [0.25, 0.3) is 0 Å². The van der Waals surface area contributed by atoms with Gasteiger partial charge in [0.05, 0.1) is 0 Å². The highest BCUT2D eigenvalue weighted by Crippen LogP contribution is 2.33. The molecule has 15 heavy (non-hydrogen) atoms. The first kappa shape index (κ1) is 15.3. The van der Waals surface area contributed by atoms with Crippen LogP contribution in [0.5, 0.6) is 0 Å². The molecular weight excluding hydrogens is 202 g/mol. The second-order valence-corrected chi connectivity index (χ2v) is 5.86. The van der Waals surface area contributed by atoms with Crippen molar-refractivity contribution in [3.8, 4) is 0 Å². The Morgan fingerprint density at radius 1 is 1.07 bits per heavy atom. The topological polar surface area (TPSA) is 26.0 Å². The smallest absolute Gasteiger partial charge is 0.00206 e.